The number of rotatable bonds is 6. The number of para-hydroxylation sites is 1. The van der Waals surface area contributed by atoms with Crippen LogP contribution in [-0.2, 0) is 11.3 Å². The smallest absolute Gasteiger partial charge is 0.293 e. The first-order chi connectivity index (χ1) is 13.0. The van der Waals surface area contributed by atoms with Gasteiger partial charge < -0.3 is 4.74 Å². The molecule has 1 saturated heterocycles. The van der Waals surface area contributed by atoms with Crippen molar-refractivity contribution in [3.63, 3.8) is 0 Å². The van der Waals surface area contributed by atoms with E-state index in [2.05, 4.69) is 0 Å². The number of carbonyl (C=O) groups is 2. The molecule has 0 saturated carbocycles. The minimum atomic E-state index is -0.316. The third-order valence-electron chi connectivity index (χ3n) is 4.27. The van der Waals surface area contributed by atoms with Gasteiger partial charge in [0, 0.05) is 10.6 Å². The van der Waals surface area contributed by atoms with Gasteiger partial charge in [-0.3, -0.25) is 14.5 Å². The highest BCUT2D eigenvalue weighted by molar-refractivity contribution is 8.18. The van der Waals surface area contributed by atoms with Crippen LogP contribution in [0.2, 0.25) is 5.02 Å². The van der Waals surface area contributed by atoms with Crippen LogP contribution in [0.4, 0.5) is 4.79 Å². The molecule has 0 spiro atoms. The fourth-order valence-electron chi connectivity index (χ4n) is 2.58. The predicted octanol–water partition coefficient (Wildman–Crippen LogP) is 5.75. The zero-order chi connectivity index (χ0) is 19.4. The molecule has 1 fully saturated rings. The number of ether oxygens (including phenoxy) is 1. The van der Waals surface area contributed by atoms with E-state index in [1.165, 1.54) is 4.90 Å². The Hall–Kier alpha value is -2.24. The van der Waals surface area contributed by atoms with Crippen LogP contribution in [0.25, 0.3) is 6.08 Å². The largest absolute Gasteiger partial charge is 0.490 e. The Balaban J connectivity index is 1.84. The Morgan fingerprint density at radius 2 is 1.85 bits per heavy atom. The summed E-state index contributed by atoms with van der Waals surface area (Å²) in [5.41, 5.74) is 1.52. The van der Waals surface area contributed by atoms with Crippen molar-refractivity contribution in [2.75, 3.05) is 0 Å². The molecular formula is C21H20ClNO3S. The van der Waals surface area contributed by atoms with E-state index in [-0.39, 0.29) is 23.8 Å². The molecule has 27 heavy (non-hydrogen) atoms. The quantitative estimate of drug-likeness (QED) is 0.578. The second kappa shape index (κ2) is 8.63. The van der Waals surface area contributed by atoms with E-state index in [0.29, 0.717) is 15.7 Å². The van der Waals surface area contributed by atoms with Crippen LogP contribution in [0.1, 0.15) is 31.4 Å². The zero-order valence-corrected chi connectivity index (χ0v) is 16.7. The summed E-state index contributed by atoms with van der Waals surface area (Å²) in [6, 6.07) is 14.7. The third kappa shape index (κ3) is 4.54. The summed E-state index contributed by atoms with van der Waals surface area (Å²) in [6.45, 7) is 4.20. The van der Waals surface area contributed by atoms with Crippen LogP contribution in [0, 0.1) is 0 Å². The Labute approximate surface area is 168 Å². The van der Waals surface area contributed by atoms with Gasteiger partial charge in [0.05, 0.1) is 17.6 Å². The first-order valence-corrected chi connectivity index (χ1v) is 9.93. The number of nitrogens with zero attached hydrogens (tertiary/aromatic N) is 1. The molecule has 0 N–H and O–H groups in total. The van der Waals surface area contributed by atoms with Gasteiger partial charge in [0.15, 0.2) is 0 Å². The number of amides is 2. The van der Waals surface area contributed by atoms with E-state index in [1.807, 2.05) is 56.3 Å². The molecule has 1 aliphatic rings. The lowest BCUT2D eigenvalue weighted by Gasteiger charge is -2.15. The molecule has 6 heteroatoms. The molecule has 0 radical (unpaired) electrons. The lowest BCUT2D eigenvalue weighted by molar-refractivity contribution is -0.123. The normalized spacial score (nSPS) is 16.9. The van der Waals surface area contributed by atoms with Crippen molar-refractivity contribution in [2.24, 2.45) is 0 Å². The number of hydrogen-bond donors (Lipinski definition) is 0. The lowest BCUT2D eigenvalue weighted by Crippen LogP contribution is -2.27. The van der Waals surface area contributed by atoms with Crippen molar-refractivity contribution >= 4 is 40.6 Å². The SMILES string of the molecule is CCC(C)Oc1ccccc1/C=C1\SC(=O)N(Cc2ccccc2Cl)C1=O. The lowest BCUT2D eigenvalue weighted by atomic mass is 10.1. The average molecular weight is 402 g/mol. The predicted molar refractivity (Wildman–Crippen MR) is 110 cm³/mol. The van der Waals surface area contributed by atoms with Gasteiger partial charge >= 0.3 is 0 Å². The second-order valence-electron chi connectivity index (χ2n) is 6.23. The number of imide groups is 1. The van der Waals surface area contributed by atoms with Gasteiger partial charge in [0.1, 0.15) is 5.75 Å². The fourth-order valence-corrected chi connectivity index (χ4v) is 3.61. The van der Waals surface area contributed by atoms with Crippen LogP contribution in [0.3, 0.4) is 0 Å². The van der Waals surface area contributed by atoms with E-state index >= 15 is 0 Å². The molecule has 4 nitrogen and oxygen atoms in total. The van der Waals surface area contributed by atoms with E-state index in [9.17, 15) is 9.59 Å². The number of hydrogen-bond acceptors (Lipinski definition) is 4. The van der Waals surface area contributed by atoms with Gasteiger partial charge in [-0.05, 0) is 48.9 Å². The molecule has 2 aromatic rings. The molecule has 2 aromatic carbocycles. The molecular weight excluding hydrogens is 382 g/mol. The standard InChI is InChI=1S/C21H20ClNO3S/c1-3-14(2)26-18-11-7-5-8-15(18)12-19-20(24)23(21(25)27-19)13-16-9-4-6-10-17(16)22/h4-12,14H,3,13H2,1-2H3/b19-12-. The number of halogens is 1. The molecule has 1 aliphatic heterocycles. The average Bonchev–Trinajstić information content (AvgIpc) is 2.92. The molecule has 140 valence electrons. The zero-order valence-electron chi connectivity index (χ0n) is 15.1. The van der Waals surface area contributed by atoms with Crippen LogP contribution < -0.4 is 4.74 Å². The summed E-state index contributed by atoms with van der Waals surface area (Å²) < 4.78 is 5.92. The van der Waals surface area contributed by atoms with Crippen LogP contribution >= 0.6 is 23.4 Å². The second-order valence-corrected chi connectivity index (χ2v) is 7.63. The van der Waals surface area contributed by atoms with Crippen LogP contribution in [-0.4, -0.2) is 22.2 Å². The molecule has 0 aliphatic carbocycles. The van der Waals surface area contributed by atoms with Gasteiger partial charge in [-0.15, -0.1) is 0 Å². The molecule has 1 heterocycles. The summed E-state index contributed by atoms with van der Waals surface area (Å²) in [6.07, 6.45) is 2.66. The van der Waals surface area contributed by atoms with E-state index < -0.39 is 0 Å². The topological polar surface area (TPSA) is 46.6 Å². The Bertz CT molecular complexity index is 897. The summed E-state index contributed by atoms with van der Waals surface area (Å²) in [5.74, 6) is 0.382. The van der Waals surface area contributed by atoms with E-state index in [0.717, 1.165) is 29.3 Å². The van der Waals surface area contributed by atoms with Gasteiger partial charge in [-0.1, -0.05) is 54.9 Å². The van der Waals surface area contributed by atoms with Gasteiger partial charge in [-0.25, -0.2) is 0 Å². The monoisotopic (exact) mass is 401 g/mol. The molecule has 0 bridgehead atoms. The first kappa shape index (κ1) is 19.5. The summed E-state index contributed by atoms with van der Waals surface area (Å²) in [4.78, 5) is 26.7. The summed E-state index contributed by atoms with van der Waals surface area (Å²) >= 11 is 7.09. The minimum Gasteiger partial charge on any atom is -0.490 e. The van der Waals surface area contributed by atoms with Crippen molar-refractivity contribution in [3.8, 4) is 5.75 Å². The summed E-state index contributed by atoms with van der Waals surface area (Å²) in [7, 11) is 0. The minimum absolute atomic E-state index is 0.0647. The number of benzene rings is 2. The highest BCUT2D eigenvalue weighted by atomic mass is 35.5. The molecule has 0 aromatic heterocycles. The maximum Gasteiger partial charge on any atom is 0.293 e. The van der Waals surface area contributed by atoms with Gasteiger partial charge in [-0.2, -0.15) is 0 Å². The highest BCUT2D eigenvalue weighted by Gasteiger charge is 2.35. The van der Waals surface area contributed by atoms with Gasteiger partial charge in [0.25, 0.3) is 11.1 Å². The number of carbonyl (C=O) groups excluding carboxylic acids is 2. The van der Waals surface area contributed by atoms with Crippen LogP contribution in [0.15, 0.2) is 53.4 Å². The Morgan fingerprint density at radius 1 is 1.15 bits per heavy atom. The maximum absolute atomic E-state index is 12.8. The van der Waals surface area contributed by atoms with Crippen molar-refractivity contribution < 1.29 is 14.3 Å². The van der Waals surface area contributed by atoms with Crippen molar-refractivity contribution in [2.45, 2.75) is 32.9 Å². The van der Waals surface area contributed by atoms with Crippen molar-refractivity contribution in [1.29, 1.82) is 0 Å². The van der Waals surface area contributed by atoms with E-state index in [1.54, 1.807) is 12.1 Å². The highest BCUT2D eigenvalue weighted by Crippen LogP contribution is 2.35. The summed E-state index contributed by atoms with van der Waals surface area (Å²) in [5, 5.41) is 0.235. The molecule has 2 amide bonds. The molecule has 1 atom stereocenters. The fraction of sp³-hybridized carbons (Fsp3) is 0.238. The van der Waals surface area contributed by atoms with Crippen molar-refractivity contribution in [3.05, 3.63) is 69.6 Å². The molecule has 1 unspecified atom stereocenters. The first-order valence-electron chi connectivity index (χ1n) is 8.74. The van der Waals surface area contributed by atoms with Crippen molar-refractivity contribution in [1.82, 2.24) is 4.90 Å². The Morgan fingerprint density at radius 3 is 2.59 bits per heavy atom. The van der Waals surface area contributed by atoms with Crippen LogP contribution in [0.5, 0.6) is 5.75 Å². The Kier molecular flexibility index (Phi) is 6.24. The number of thioether (sulfide) groups is 1. The van der Waals surface area contributed by atoms with E-state index in [4.69, 9.17) is 16.3 Å². The third-order valence-corrected chi connectivity index (χ3v) is 5.54. The van der Waals surface area contributed by atoms with Gasteiger partial charge in [0.2, 0.25) is 0 Å². The molecule has 3 rings (SSSR count). The maximum atomic E-state index is 12.8.